The predicted octanol–water partition coefficient (Wildman–Crippen LogP) is 3.20. The summed E-state index contributed by atoms with van der Waals surface area (Å²) in [6.07, 6.45) is 4.96. The number of nitrogen functional groups attached to an aromatic ring is 1. The van der Waals surface area contributed by atoms with Crippen LogP contribution in [0.2, 0.25) is 0 Å². The minimum atomic E-state index is 0.687. The van der Waals surface area contributed by atoms with Crippen LogP contribution in [0.3, 0.4) is 0 Å². The predicted molar refractivity (Wildman–Crippen MR) is 82.3 cm³/mol. The molecule has 0 amide bonds. The van der Waals surface area contributed by atoms with Gasteiger partial charge in [-0.15, -0.1) is 0 Å². The van der Waals surface area contributed by atoms with Crippen molar-refractivity contribution in [1.29, 1.82) is 0 Å². The molecule has 2 N–H and O–H groups in total. The highest BCUT2D eigenvalue weighted by Crippen LogP contribution is 2.24. The zero-order valence-corrected chi connectivity index (χ0v) is 12.2. The van der Waals surface area contributed by atoms with Crippen LogP contribution in [0.25, 0.3) is 11.1 Å². The summed E-state index contributed by atoms with van der Waals surface area (Å²) >= 11 is 0. The molecule has 0 bridgehead atoms. The third kappa shape index (κ3) is 4.10. The molecule has 0 saturated carbocycles. The Labute approximate surface area is 120 Å². The van der Waals surface area contributed by atoms with E-state index in [1.165, 1.54) is 0 Å². The van der Waals surface area contributed by atoms with Crippen molar-refractivity contribution < 1.29 is 4.74 Å². The highest BCUT2D eigenvalue weighted by atomic mass is 16.5. The molecule has 2 rings (SSSR count). The number of anilines is 1. The molecule has 0 atom stereocenters. The third-order valence-corrected chi connectivity index (χ3v) is 3.21. The van der Waals surface area contributed by atoms with Gasteiger partial charge in [-0.25, -0.2) is 0 Å². The molecule has 1 aromatic carbocycles. The fourth-order valence-corrected chi connectivity index (χ4v) is 1.96. The van der Waals surface area contributed by atoms with Crippen LogP contribution >= 0.6 is 0 Å². The molecule has 0 unspecified atom stereocenters. The first kappa shape index (κ1) is 14.6. The smallest absolute Gasteiger partial charge is 0.0662 e. The van der Waals surface area contributed by atoms with Gasteiger partial charge in [0.1, 0.15) is 0 Å². The maximum atomic E-state index is 5.97. The van der Waals surface area contributed by atoms with Gasteiger partial charge in [0.05, 0.1) is 19.3 Å². The Balaban J connectivity index is 1.85. The van der Waals surface area contributed by atoms with Gasteiger partial charge in [-0.05, 0) is 18.4 Å². The van der Waals surface area contributed by atoms with E-state index in [4.69, 9.17) is 10.5 Å². The number of rotatable bonds is 7. The van der Waals surface area contributed by atoms with Crippen molar-refractivity contribution in [2.75, 3.05) is 18.9 Å². The van der Waals surface area contributed by atoms with Crippen molar-refractivity contribution in [2.24, 2.45) is 5.92 Å². The zero-order valence-electron chi connectivity index (χ0n) is 12.2. The largest absolute Gasteiger partial charge is 0.398 e. The summed E-state index contributed by atoms with van der Waals surface area (Å²) in [7, 11) is 0. The Morgan fingerprint density at radius 3 is 2.80 bits per heavy atom. The molecule has 0 fully saturated rings. The fraction of sp³-hybridized carbons (Fsp3) is 0.438. The van der Waals surface area contributed by atoms with Crippen LogP contribution in [0, 0.1) is 5.92 Å². The van der Waals surface area contributed by atoms with Gasteiger partial charge >= 0.3 is 0 Å². The van der Waals surface area contributed by atoms with Crippen LogP contribution in [0.5, 0.6) is 0 Å². The maximum Gasteiger partial charge on any atom is 0.0662 e. The lowest BCUT2D eigenvalue weighted by molar-refractivity contribution is 0.114. The topological polar surface area (TPSA) is 53.1 Å². The van der Waals surface area contributed by atoms with Crippen LogP contribution < -0.4 is 5.73 Å². The summed E-state index contributed by atoms with van der Waals surface area (Å²) in [5.41, 5.74) is 8.82. The van der Waals surface area contributed by atoms with E-state index in [1.807, 2.05) is 41.3 Å². The molecule has 108 valence electrons. The summed E-state index contributed by atoms with van der Waals surface area (Å²) in [5, 5.41) is 4.35. The highest BCUT2D eigenvalue weighted by molar-refractivity contribution is 5.75. The first-order valence-electron chi connectivity index (χ1n) is 7.12. The van der Waals surface area contributed by atoms with Crippen molar-refractivity contribution in [1.82, 2.24) is 9.78 Å². The Hall–Kier alpha value is -1.81. The quantitative estimate of drug-likeness (QED) is 0.622. The molecule has 0 aliphatic rings. The van der Waals surface area contributed by atoms with E-state index in [0.29, 0.717) is 12.5 Å². The molecular weight excluding hydrogens is 250 g/mol. The molecule has 20 heavy (non-hydrogen) atoms. The highest BCUT2D eigenvalue weighted by Gasteiger charge is 2.04. The second-order valence-corrected chi connectivity index (χ2v) is 5.37. The zero-order chi connectivity index (χ0) is 14.4. The van der Waals surface area contributed by atoms with Crippen molar-refractivity contribution in [3.05, 3.63) is 36.7 Å². The number of aromatic nitrogens is 2. The van der Waals surface area contributed by atoms with Crippen LogP contribution in [0.4, 0.5) is 5.69 Å². The molecule has 0 aliphatic heterocycles. The molecule has 0 aliphatic carbocycles. The van der Waals surface area contributed by atoms with Gasteiger partial charge in [-0.3, -0.25) is 4.68 Å². The summed E-state index contributed by atoms with van der Waals surface area (Å²) in [5.74, 6) is 0.687. The molecule has 1 heterocycles. The van der Waals surface area contributed by atoms with E-state index in [2.05, 4.69) is 18.9 Å². The van der Waals surface area contributed by atoms with E-state index < -0.39 is 0 Å². The van der Waals surface area contributed by atoms with Gasteiger partial charge in [0.2, 0.25) is 0 Å². The molecular formula is C16H23N3O. The summed E-state index contributed by atoms with van der Waals surface area (Å²) in [6, 6.07) is 7.83. The molecule has 0 spiro atoms. The second kappa shape index (κ2) is 7.10. The number of hydrogen-bond acceptors (Lipinski definition) is 3. The third-order valence-electron chi connectivity index (χ3n) is 3.21. The average molecular weight is 273 g/mol. The number of benzene rings is 1. The van der Waals surface area contributed by atoms with Gasteiger partial charge in [-0.1, -0.05) is 32.0 Å². The van der Waals surface area contributed by atoms with Gasteiger partial charge in [0.25, 0.3) is 0 Å². The van der Waals surface area contributed by atoms with Crippen molar-refractivity contribution >= 4 is 5.69 Å². The average Bonchev–Trinajstić information content (AvgIpc) is 2.87. The van der Waals surface area contributed by atoms with E-state index in [1.54, 1.807) is 0 Å². The van der Waals surface area contributed by atoms with Crippen LogP contribution in [0.1, 0.15) is 20.3 Å². The maximum absolute atomic E-state index is 5.97. The van der Waals surface area contributed by atoms with Gasteiger partial charge in [0, 0.05) is 29.6 Å². The standard InChI is InChI=1S/C16H23N3O/c1-13(2)7-9-20-10-8-19-12-14(11-18-19)15-5-3-4-6-16(15)17/h3-6,11-13H,7-10,17H2,1-2H3. The van der Waals surface area contributed by atoms with Crippen molar-refractivity contribution in [3.8, 4) is 11.1 Å². The normalized spacial score (nSPS) is 11.2. The number of hydrogen-bond donors (Lipinski definition) is 1. The molecule has 1 aromatic heterocycles. The molecule has 0 saturated heterocycles. The van der Waals surface area contributed by atoms with Crippen LogP contribution in [0.15, 0.2) is 36.7 Å². The van der Waals surface area contributed by atoms with E-state index in [0.717, 1.165) is 36.4 Å². The monoisotopic (exact) mass is 273 g/mol. The molecule has 4 nitrogen and oxygen atoms in total. The number of nitrogens with zero attached hydrogens (tertiary/aromatic N) is 2. The Morgan fingerprint density at radius 2 is 2.05 bits per heavy atom. The lowest BCUT2D eigenvalue weighted by Crippen LogP contribution is -2.08. The summed E-state index contributed by atoms with van der Waals surface area (Å²) in [6.45, 7) is 6.68. The lowest BCUT2D eigenvalue weighted by atomic mass is 10.1. The fourth-order valence-electron chi connectivity index (χ4n) is 1.96. The SMILES string of the molecule is CC(C)CCOCCn1cc(-c2ccccc2N)cn1. The van der Waals surface area contributed by atoms with Crippen LogP contribution in [-0.4, -0.2) is 23.0 Å². The Kier molecular flexibility index (Phi) is 5.18. The summed E-state index contributed by atoms with van der Waals surface area (Å²) in [4.78, 5) is 0. The molecule has 2 aromatic rings. The van der Waals surface area contributed by atoms with Crippen molar-refractivity contribution in [3.63, 3.8) is 0 Å². The van der Waals surface area contributed by atoms with Gasteiger partial charge < -0.3 is 10.5 Å². The van der Waals surface area contributed by atoms with Crippen molar-refractivity contribution in [2.45, 2.75) is 26.8 Å². The van der Waals surface area contributed by atoms with Gasteiger partial charge in [-0.2, -0.15) is 5.10 Å². The van der Waals surface area contributed by atoms with E-state index in [9.17, 15) is 0 Å². The minimum Gasteiger partial charge on any atom is -0.398 e. The Bertz CT molecular complexity index is 534. The van der Waals surface area contributed by atoms with Gasteiger partial charge in [0.15, 0.2) is 0 Å². The Morgan fingerprint density at radius 1 is 1.25 bits per heavy atom. The number of para-hydroxylation sites is 1. The first-order valence-corrected chi connectivity index (χ1v) is 7.12. The van der Waals surface area contributed by atoms with E-state index >= 15 is 0 Å². The lowest BCUT2D eigenvalue weighted by Gasteiger charge is -2.06. The molecule has 0 radical (unpaired) electrons. The summed E-state index contributed by atoms with van der Waals surface area (Å²) < 4.78 is 7.50. The number of nitrogens with two attached hydrogens (primary N) is 1. The van der Waals surface area contributed by atoms with Crippen LogP contribution in [-0.2, 0) is 11.3 Å². The van der Waals surface area contributed by atoms with E-state index in [-0.39, 0.29) is 0 Å². The molecule has 4 heteroatoms. The minimum absolute atomic E-state index is 0.687. The first-order chi connectivity index (χ1) is 9.66. The second-order valence-electron chi connectivity index (χ2n) is 5.37. The number of ether oxygens (including phenoxy) is 1.